The van der Waals surface area contributed by atoms with Gasteiger partial charge in [-0.15, -0.1) is 12.1 Å². The maximum Gasteiger partial charge on any atom is 0.239 e. The van der Waals surface area contributed by atoms with Crippen LogP contribution in [0.15, 0.2) is 60.7 Å². The van der Waals surface area contributed by atoms with E-state index in [1.54, 1.807) is 0 Å². The lowest BCUT2D eigenvalue weighted by molar-refractivity contribution is -0.509. The van der Waals surface area contributed by atoms with Gasteiger partial charge in [0.1, 0.15) is 5.75 Å². The fourth-order valence-corrected chi connectivity index (χ4v) is 5.23. The maximum absolute atomic E-state index is 7.01. The summed E-state index contributed by atoms with van der Waals surface area (Å²) in [6.07, 6.45) is 0. The summed E-state index contributed by atoms with van der Waals surface area (Å²) in [5, 5.41) is 0. The molecule has 0 fully saturated rings. The summed E-state index contributed by atoms with van der Waals surface area (Å²) in [5.41, 5.74) is 6.53. The van der Waals surface area contributed by atoms with Crippen LogP contribution in [0, 0.1) is 6.04 Å². The molecular weight excluding hydrogens is 478 g/mol. The molecule has 1 heterocycles. The van der Waals surface area contributed by atoms with E-state index in [4.69, 9.17) is 9.47 Å². The Bertz CT molecular complexity index is 1360. The third-order valence-electron chi connectivity index (χ3n) is 7.34. The Morgan fingerprint density at radius 3 is 1.87 bits per heavy atom. The summed E-state index contributed by atoms with van der Waals surface area (Å²) < 4.78 is 16.0. The van der Waals surface area contributed by atoms with E-state index < -0.39 is 5.79 Å². The molecule has 1 aliphatic heterocycles. The number of para-hydroxylation sites is 1. The summed E-state index contributed by atoms with van der Waals surface area (Å²) in [6, 6.07) is 22.7. The van der Waals surface area contributed by atoms with Crippen LogP contribution in [0.3, 0.4) is 0 Å². The summed E-state index contributed by atoms with van der Waals surface area (Å²) in [6.45, 7) is 29.5. The van der Waals surface area contributed by atoms with E-state index in [0.717, 1.165) is 45.4 Å². The zero-order valence-corrected chi connectivity index (χ0v) is 26.0. The summed E-state index contributed by atoms with van der Waals surface area (Å²) >= 11 is 0. The van der Waals surface area contributed by atoms with E-state index in [0.29, 0.717) is 6.54 Å². The smallest absolute Gasteiger partial charge is 0.239 e. The quantitative estimate of drug-likeness (QED) is 0.234. The lowest BCUT2D eigenvalue weighted by Crippen LogP contribution is -2.39. The van der Waals surface area contributed by atoms with Gasteiger partial charge in [0.15, 0.2) is 12.6 Å². The molecule has 0 aliphatic carbocycles. The minimum Gasteiger partial charge on any atom is -0.483 e. The summed E-state index contributed by atoms with van der Waals surface area (Å²) in [4.78, 5) is 0. The second-order valence-electron chi connectivity index (χ2n) is 14.5. The lowest BCUT2D eigenvalue weighted by Gasteiger charge is -2.39. The van der Waals surface area contributed by atoms with Crippen molar-refractivity contribution in [1.82, 2.24) is 0 Å². The van der Waals surface area contributed by atoms with Crippen LogP contribution in [0.5, 0.6) is 11.5 Å². The number of benzene rings is 3. The van der Waals surface area contributed by atoms with Crippen LogP contribution in [0.2, 0.25) is 0 Å². The first-order valence-corrected chi connectivity index (χ1v) is 14.1. The first kappa shape index (κ1) is 28.8. The largest absolute Gasteiger partial charge is 0.483 e. The van der Waals surface area contributed by atoms with Crippen LogP contribution in [0.25, 0.3) is 0 Å². The maximum atomic E-state index is 7.01. The third-order valence-corrected chi connectivity index (χ3v) is 7.34. The van der Waals surface area contributed by atoms with Gasteiger partial charge in [0.25, 0.3) is 0 Å². The molecule has 0 radical (unpaired) electrons. The fraction of sp³-hybridized carbons (Fsp3) is 0.444. The van der Waals surface area contributed by atoms with E-state index in [1.807, 2.05) is 13.8 Å². The molecule has 0 saturated heterocycles. The Balaban J connectivity index is 2.09. The minimum absolute atomic E-state index is 0.0433. The van der Waals surface area contributed by atoms with Crippen molar-refractivity contribution in [2.45, 2.75) is 105 Å². The number of fused-ring (bicyclic) bond motifs is 2. The molecule has 3 heteroatoms. The van der Waals surface area contributed by atoms with Gasteiger partial charge in [-0.25, -0.2) is 0 Å². The average molecular weight is 526 g/mol. The van der Waals surface area contributed by atoms with Crippen LogP contribution in [0.4, 0.5) is 0 Å². The average Bonchev–Trinajstić information content (AvgIpc) is 2.79. The van der Waals surface area contributed by atoms with Crippen molar-refractivity contribution in [3.8, 4) is 11.5 Å². The minimum atomic E-state index is -0.917. The molecule has 1 aliphatic rings. The van der Waals surface area contributed by atoms with Gasteiger partial charge in [0.05, 0.1) is 18.0 Å². The monoisotopic (exact) mass is 525 g/mol. The van der Waals surface area contributed by atoms with Gasteiger partial charge >= 0.3 is 0 Å². The van der Waals surface area contributed by atoms with E-state index >= 15 is 0 Å². The topological polar surface area (TPSA) is 21.5 Å². The van der Waals surface area contributed by atoms with Crippen molar-refractivity contribution in [3.63, 3.8) is 0 Å². The SMILES string of the molecule is C=[N+]1Cc2cccc(C(C)(C)C)c2OC(C)(C)Oc2c(cc(C(C)(C)C)cc2C(C)(C)C)[C-]1c1ccccc1. The van der Waals surface area contributed by atoms with Crippen LogP contribution in [0.1, 0.15) is 110 Å². The molecule has 0 spiro atoms. The predicted octanol–water partition coefficient (Wildman–Crippen LogP) is 8.93. The lowest BCUT2D eigenvalue weighted by atomic mass is 9.77. The van der Waals surface area contributed by atoms with Crippen molar-refractivity contribution < 1.29 is 14.0 Å². The van der Waals surface area contributed by atoms with E-state index in [9.17, 15) is 0 Å². The predicted molar refractivity (Wildman–Crippen MR) is 163 cm³/mol. The normalized spacial score (nSPS) is 16.1. The number of hydrogen-bond acceptors (Lipinski definition) is 2. The molecule has 0 aromatic heterocycles. The van der Waals surface area contributed by atoms with Gasteiger partial charge in [-0.3, -0.25) is 4.58 Å². The molecule has 208 valence electrons. The molecule has 4 rings (SSSR count). The molecule has 0 N–H and O–H groups in total. The van der Waals surface area contributed by atoms with Crippen molar-refractivity contribution in [2.24, 2.45) is 0 Å². The number of ether oxygens (including phenoxy) is 2. The molecule has 0 amide bonds. The van der Waals surface area contributed by atoms with Gasteiger partial charge in [-0.2, -0.15) is 0 Å². The highest BCUT2D eigenvalue weighted by atomic mass is 16.7. The second-order valence-corrected chi connectivity index (χ2v) is 14.5. The number of nitrogens with zero attached hydrogens (tertiary/aromatic N) is 1. The van der Waals surface area contributed by atoms with Gasteiger partial charge in [0, 0.05) is 25.0 Å². The Labute approximate surface area is 236 Å². The van der Waals surface area contributed by atoms with Crippen molar-refractivity contribution >= 4 is 6.72 Å². The van der Waals surface area contributed by atoms with E-state index in [1.165, 1.54) is 5.56 Å². The molecule has 0 saturated carbocycles. The first-order chi connectivity index (χ1) is 17.9. The molecule has 3 aromatic carbocycles. The van der Waals surface area contributed by atoms with Crippen LogP contribution in [-0.2, 0) is 22.8 Å². The second kappa shape index (κ2) is 9.77. The highest BCUT2D eigenvalue weighted by Gasteiger charge is 2.36. The van der Waals surface area contributed by atoms with Crippen molar-refractivity contribution in [2.75, 3.05) is 0 Å². The van der Waals surface area contributed by atoms with Crippen LogP contribution >= 0.6 is 0 Å². The summed E-state index contributed by atoms with van der Waals surface area (Å²) in [5.74, 6) is 0.812. The molecule has 3 aromatic rings. The van der Waals surface area contributed by atoms with Crippen LogP contribution in [-0.4, -0.2) is 17.1 Å². The highest BCUT2D eigenvalue weighted by molar-refractivity contribution is 5.58. The third kappa shape index (κ3) is 6.03. The zero-order valence-electron chi connectivity index (χ0n) is 26.0. The molecule has 39 heavy (non-hydrogen) atoms. The fourth-order valence-electron chi connectivity index (χ4n) is 5.23. The van der Waals surface area contributed by atoms with E-state index in [-0.39, 0.29) is 16.2 Å². The van der Waals surface area contributed by atoms with Gasteiger partial charge in [-0.1, -0.05) is 110 Å². The summed E-state index contributed by atoms with van der Waals surface area (Å²) in [7, 11) is 0. The van der Waals surface area contributed by atoms with Crippen LogP contribution < -0.4 is 9.47 Å². The number of rotatable bonds is 1. The van der Waals surface area contributed by atoms with Gasteiger partial charge in [0.2, 0.25) is 5.79 Å². The molecular formula is C36H47NO2. The van der Waals surface area contributed by atoms with Crippen molar-refractivity contribution in [3.05, 3.63) is 100 Å². The van der Waals surface area contributed by atoms with Gasteiger partial charge in [-0.05, 0) is 33.4 Å². The Kier molecular flexibility index (Phi) is 7.21. The Morgan fingerprint density at radius 1 is 0.718 bits per heavy atom. The Hall–Kier alpha value is -3.20. The highest BCUT2D eigenvalue weighted by Crippen LogP contribution is 2.46. The standard InChI is InChI=1S/C36H47NO2/c1-33(2,3)26-21-27-30(24-17-14-13-15-18-24)37(12)23-25-19-16-20-28(34(4,5)6)31(25)38-36(10,11)39-32(27)29(22-26)35(7,8)9/h13-22H,12,23H2,1-11H3. The molecule has 0 unspecified atom stereocenters. The molecule has 3 nitrogen and oxygen atoms in total. The van der Waals surface area contributed by atoms with Gasteiger partial charge < -0.3 is 9.47 Å². The molecule has 0 bridgehead atoms. The molecule has 0 atom stereocenters. The van der Waals surface area contributed by atoms with E-state index in [2.05, 4.69) is 134 Å². The Morgan fingerprint density at radius 2 is 1.31 bits per heavy atom. The number of hydrogen-bond donors (Lipinski definition) is 0. The zero-order chi connectivity index (χ0) is 29.0. The van der Waals surface area contributed by atoms with Crippen molar-refractivity contribution in [1.29, 1.82) is 0 Å². The first-order valence-electron chi connectivity index (χ1n) is 14.1.